The molecule has 1 aliphatic carbocycles. The summed E-state index contributed by atoms with van der Waals surface area (Å²) in [5.41, 5.74) is 0.910. The number of likely N-dealkylation sites (tertiary alicyclic amines) is 1. The van der Waals surface area contributed by atoms with Gasteiger partial charge in [-0.3, -0.25) is 9.69 Å². The van der Waals surface area contributed by atoms with Gasteiger partial charge in [0.05, 0.1) is 12.0 Å². The Morgan fingerprint density at radius 2 is 1.92 bits per heavy atom. The highest BCUT2D eigenvalue weighted by molar-refractivity contribution is 5.79. The Bertz CT molecular complexity index is 542. The standard InChI is InChI=1S/C21H32N2O2/c1-16(14-20(24)17-8-4-2-5-9-17)22-21(25)18-12-13-23(15-18)19-10-6-3-7-11-19/h2,4-5,8-9,16,18-20,24H,3,6-7,10-15H2,1H3,(H,22,25). The van der Waals surface area contributed by atoms with E-state index in [1.807, 2.05) is 37.3 Å². The summed E-state index contributed by atoms with van der Waals surface area (Å²) in [5.74, 6) is 0.268. The summed E-state index contributed by atoms with van der Waals surface area (Å²) in [6, 6.07) is 10.3. The first-order chi connectivity index (χ1) is 12.1. The van der Waals surface area contributed by atoms with Crippen LogP contribution in [0.3, 0.4) is 0 Å². The van der Waals surface area contributed by atoms with Crippen LogP contribution in [0.2, 0.25) is 0 Å². The molecule has 2 N–H and O–H groups in total. The van der Waals surface area contributed by atoms with Gasteiger partial charge in [-0.25, -0.2) is 0 Å². The number of benzene rings is 1. The number of nitrogens with zero attached hydrogens (tertiary/aromatic N) is 1. The van der Waals surface area contributed by atoms with Gasteiger partial charge >= 0.3 is 0 Å². The van der Waals surface area contributed by atoms with Crippen molar-refractivity contribution in [1.29, 1.82) is 0 Å². The van der Waals surface area contributed by atoms with Gasteiger partial charge in [0.2, 0.25) is 5.91 Å². The molecule has 0 spiro atoms. The van der Waals surface area contributed by atoms with Gasteiger partial charge in [-0.15, -0.1) is 0 Å². The molecule has 1 aromatic carbocycles. The van der Waals surface area contributed by atoms with Crippen LogP contribution in [0.25, 0.3) is 0 Å². The Hall–Kier alpha value is -1.39. The van der Waals surface area contributed by atoms with Crippen molar-refractivity contribution in [3.05, 3.63) is 35.9 Å². The van der Waals surface area contributed by atoms with Crippen LogP contribution < -0.4 is 5.32 Å². The number of hydrogen-bond acceptors (Lipinski definition) is 3. The molecule has 3 rings (SSSR count). The monoisotopic (exact) mass is 344 g/mol. The second-order valence-corrected chi connectivity index (χ2v) is 7.84. The lowest BCUT2D eigenvalue weighted by Gasteiger charge is -2.31. The van der Waals surface area contributed by atoms with Crippen molar-refractivity contribution in [1.82, 2.24) is 10.2 Å². The summed E-state index contributed by atoms with van der Waals surface area (Å²) < 4.78 is 0. The minimum absolute atomic E-state index is 0.0218. The summed E-state index contributed by atoms with van der Waals surface area (Å²) >= 11 is 0. The Balaban J connectivity index is 1.44. The molecule has 1 aromatic rings. The lowest BCUT2D eigenvalue weighted by atomic mass is 9.94. The summed E-state index contributed by atoms with van der Waals surface area (Å²) in [5, 5.41) is 13.4. The van der Waals surface area contributed by atoms with Crippen LogP contribution in [-0.4, -0.2) is 41.1 Å². The molecule has 1 aliphatic heterocycles. The number of hydrogen-bond donors (Lipinski definition) is 2. The lowest BCUT2D eigenvalue weighted by Crippen LogP contribution is -2.40. The molecule has 4 nitrogen and oxygen atoms in total. The summed E-state index contributed by atoms with van der Waals surface area (Å²) in [6.45, 7) is 3.95. The van der Waals surface area contributed by atoms with E-state index in [2.05, 4.69) is 10.2 Å². The van der Waals surface area contributed by atoms with Crippen LogP contribution in [0.5, 0.6) is 0 Å². The zero-order chi connectivity index (χ0) is 17.6. The molecule has 25 heavy (non-hydrogen) atoms. The minimum atomic E-state index is -0.529. The first kappa shape index (κ1) is 18.4. The van der Waals surface area contributed by atoms with Crippen molar-refractivity contribution in [3.63, 3.8) is 0 Å². The quantitative estimate of drug-likeness (QED) is 0.833. The molecule has 0 radical (unpaired) electrons. The van der Waals surface area contributed by atoms with E-state index in [0.29, 0.717) is 12.5 Å². The van der Waals surface area contributed by atoms with Gasteiger partial charge in [-0.1, -0.05) is 49.6 Å². The lowest BCUT2D eigenvalue weighted by molar-refractivity contribution is -0.125. The Morgan fingerprint density at radius 3 is 2.64 bits per heavy atom. The average molecular weight is 344 g/mol. The maximum Gasteiger partial charge on any atom is 0.224 e. The number of carbonyl (C=O) groups is 1. The molecule has 2 fully saturated rings. The van der Waals surface area contributed by atoms with Gasteiger partial charge in [0.25, 0.3) is 0 Å². The Kier molecular flexibility index (Phi) is 6.49. The van der Waals surface area contributed by atoms with E-state index in [1.165, 1.54) is 32.1 Å². The Labute approximate surface area is 151 Å². The third-order valence-corrected chi connectivity index (χ3v) is 5.83. The molecule has 1 heterocycles. The van der Waals surface area contributed by atoms with Crippen LogP contribution in [0.4, 0.5) is 0 Å². The summed E-state index contributed by atoms with van der Waals surface area (Å²) in [4.78, 5) is 15.1. The molecule has 1 saturated carbocycles. The number of rotatable bonds is 6. The molecule has 1 saturated heterocycles. The maximum atomic E-state index is 12.6. The number of carbonyl (C=O) groups excluding carboxylic acids is 1. The fourth-order valence-electron chi connectivity index (χ4n) is 4.34. The summed E-state index contributed by atoms with van der Waals surface area (Å²) in [7, 11) is 0. The molecule has 138 valence electrons. The number of amides is 1. The number of nitrogens with one attached hydrogen (secondary N) is 1. The van der Waals surface area contributed by atoms with Crippen molar-refractivity contribution in [2.75, 3.05) is 13.1 Å². The fraction of sp³-hybridized carbons (Fsp3) is 0.667. The first-order valence-electron chi connectivity index (χ1n) is 9.91. The van der Waals surface area contributed by atoms with Gasteiger partial charge in [0.15, 0.2) is 0 Å². The highest BCUT2D eigenvalue weighted by Crippen LogP contribution is 2.28. The second-order valence-electron chi connectivity index (χ2n) is 7.84. The van der Waals surface area contributed by atoms with Crippen LogP contribution >= 0.6 is 0 Å². The fourth-order valence-corrected chi connectivity index (χ4v) is 4.34. The van der Waals surface area contributed by atoms with Crippen LogP contribution in [0, 0.1) is 5.92 Å². The highest BCUT2D eigenvalue weighted by atomic mass is 16.3. The Morgan fingerprint density at radius 1 is 1.20 bits per heavy atom. The number of aliphatic hydroxyl groups excluding tert-OH is 1. The van der Waals surface area contributed by atoms with E-state index in [9.17, 15) is 9.90 Å². The van der Waals surface area contributed by atoms with E-state index in [4.69, 9.17) is 0 Å². The molecule has 3 atom stereocenters. The summed E-state index contributed by atoms with van der Waals surface area (Å²) in [6.07, 6.45) is 7.64. The smallest absolute Gasteiger partial charge is 0.224 e. The van der Waals surface area contributed by atoms with Crippen LogP contribution in [0.15, 0.2) is 30.3 Å². The predicted octanol–water partition coefficient (Wildman–Crippen LogP) is 3.27. The third-order valence-electron chi connectivity index (χ3n) is 5.83. The van der Waals surface area contributed by atoms with Gasteiger partial charge in [-0.05, 0) is 44.7 Å². The van der Waals surface area contributed by atoms with E-state index in [1.54, 1.807) is 0 Å². The highest BCUT2D eigenvalue weighted by Gasteiger charge is 2.33. The van der Waals surface area contributed by atoms with Crippen molar-refractivity contribution >= 4 is 5.91 Å². The van der Waals surface area contributed by atoms with E-state index < -0.39 is 6.10 Å². The van der Waals surface area contributed by atoms with E-state index in [0.717, 1.165) is 25.1 Å². The average Bonchev–Trinajstić information content (AvgIpc) is 3.13. The second kappa shape index (κ2) is 8.81. The van der Waals surface area contributed by atoms with Gasteiger partial charge in [0.1, 0.15) is 0 Å². The van der Waals surface area contributed by atoms with E-state index >= 15 is 0 Å². The molecular weight excluding hydrogens is 312 g/mol. The molecule has 0 aromatic heterocycles. The topological polar surface area (TPSA) is 52.6 Å². The molecule has 1 amide bonds. The molecular formula is C21H32N2O2. The number of aliphatic hydroxyl groups is 1. The first-order valence-corrected chi connectivity index (χ1v) is 9.91. The van der Waals surface area contributed by atoms with Crippen molar-refractivity contribution in [2.24, 2.45) is 5.92 Å². The molecule has 0 bridgehead atoms. The maximum absolute atomic E-state index is 12.6. The van der Waals surface area contributed by atoms with E-state index in [-0.39, 0.29) is 17.9 Å². The molecule has 3 unspecified atom stereocenters. The zero-order valence-electron chi connectivity index (χ0n) is 15.4. The molecule has 4 heteroatoms. The molecule has 2 aliphatic rings. The van der Waals surface area contributed by atoms with Gasteiger partial charge in [-0.2, -0.15) is 0 Å². The normalized spacial score (nSPS) is 24.8. The van der Waals surface area contributed by atoms with Crippen LogP contribution in [-0.2, 0) is 4.79 Å². The van der Waals surface area contributed by atoms with Crippen LogP contribution in [0.1, 0.15) is 63.5 Å². The largest absolute Gasteiger partial charge is 0.388 e. The van der Waals surface area contributed by atoms with Gasteiger partial charge in [0, 0.05) is 18.6 Å². The third kappa shape index (κ3) is 5.05. The van der Waals surface area contributed by atoms with Crippen molar-refractivity contribution in [2.45, 2.75) is 70.1 Å². The predicted molar refractivity (Wildman–Crippen MR) is 100 cm³/mol. The minimum Gasteiger partial charge on any atom is -0.388 e. The zero-order valence-corrected chi connectivity index (χ0v) is 15.4. The SMILES string of the molecule is CC(CC(O)c1ccccc1)NC(=O)C1CCN(C2CCCCC2)C1. The van der Waals surface area contributed by atoms with Gasteiger partial charge < -0.3 is 10.4 Å². The van der Waals surface area contributed by atoms with Crippen molar-refractivity contribution in [3.8, 4) is 0 Å². The van der Waals surface area contributed by atoms with Crippen molar-refractivity contribution < 1.29 is 9.90 Å².